The second kappa shape index (κ2) is 9.95. The summed E-state index contributed by atoms with van der Waals surface area (Å²) in [4.78, 5) is 18.1. The Labute approximate surface area is 181 Å². The van der Waals surface area contributed by atoms with E-state index in [0.29, 0.717) is 16.7 Å². The van der Waals surface area contributed by atoms with Gasteiger partial charge >= 0.3 is 0 Å². The fourth-order valence-corrected chi connectivity index (χ4v) is 3.30. The fraction of sp³-hybridized carbons (Fsp3) is 0.158. The Morgan fingerprint density at radius 2 is 2.10 bits per heavy atom. The smallest absolute Gasteiger partial charge is 0.291 e. The quantitative estimate of drug-likeness (QED) is 0.465. The largest absolute Gasteiger partial charge is 0.490 e. The predicted octanol–water partition coefficient (Wildman–Crippen LogP) is 4.40. The highest BCUT2D eigenvalue weighted by Crippen LogP contribution is 2.30. The van der Waals surface area contributed by atoms with Gasteiger partial charge in [-0.3, -0.25) is 0 Å². The molecule has 3 aromatic rings. The number of rotatable bonds is 4. The molecule has 11 heteroatoms. The second-order valence-electron chi connectivity index (χ2n) is 6.06. The van der Waals surface area contributed by atoms with Gasteiger partial charge in [-0.15, -0.1) is 10.1 Å². The molecular weight excluding hydrogens is 435 g/mol. The number of para-hydroxylation sites is 1. The number of aromatic nitrogens is 2. The van der Waals surface area contributed by atoms with Gasteiger partial charge in [-0.1, -0.05) is 46.6 Å². The maximum absolute atomic E-state index is 8.36. The van der Waals surface area contributed by atoms with Crippen molar-refractivity contribution in [1.82, 2.24) is 9.55 Å². The Bertz CT molecular complexity index is 1040. The minimum Gasteiger partial charge on any atom is -0.490 e. The van der Waals surface area contributed by atoms with Crippen LogP contribution in [0.4, 0.5) is 0 Å². The molecular formula is C19H16Cl2N4O5. The standard InChI is InChI=1S/C19H15Cl2N3O2.HNO3/c20-14-6-5-13(16(21)9-14)10-26-23-19-15-3-1-2-4-18(15)25-11-17(19)24-8-7-22-12-24;2-1(3)4/h1-9,12,17H,10-11H2;(H,2,3,4)/b23-19-;. The molecule has 2 aromatic carbocycles. The van der Waals surface area contributed by atoms with Crippen molar-refractivity contribution < 1.29 is 19.9 Å². The van der Waals surface area contributed by atoms with Crippen molar-refractivity contribution in [3.63, 3.8) is 0 Å². The van der Waals surface area contributed by atoms with E-state index in [1.54, 1.807) is 24.7 Å². The molecule has 0 spiro atoms. The zero-order chi connectivity index (χ0) is 21.5. The van der Waals surface area contributed by atoms with Crippen LogP contribution in [0.15, 0.2) is 66.3 Å². The zero-order valence-corrected chi connectivity index (χ0v) is 16.9. The van der Waals surface area contributed by atoms with Crippen molar-refractivity contribution >= 4 is 28.9 Å². The lowest BCUT2D eigenvalue weighted by Crippen LogP contribution is -2.30. The minimum absolute atomic E-state index is 0.118. The van der Waals surface area contributed by atoms with Gasteiger partial charge < -0.3 is 19.3 Å². The molecule has 1 aliphatic heterocycles. The molecule has 0 saturated heterocycles. The monoisotopic (exact) mass is 450 g/mol. The molecule has 0 bridgehead atoms. The highest BCUT2D eigenvalue weighted by atomic mass is 35.5. The number of hydrogen-bond acceptors (Lipinski definition) is 6. The van der Waals surface area contributed by atoms with E-state index >= 15 is 0 Å². The van der Waals surface area contributed by atoms with Crippen LogP contribution < -0.4 is 4.74 Å². The van der Waals surface area contributed by atoms with E-state index in [4.69, 9.17) is 48.1 Å². The molecule has 156 valence electrons. The number of imidazole rings is 1. The Morgan fingerprint density at radius 3 is 2.80 bits per heavy atom. The second-order valence-corrected chi connectivity index (χ2v) is 6.90. The fourth-order valence-electron chi connectivity index (χ4n) is 2.83. The number of benzene rings is 2. The van der Waals surface area contributed by atoms with Gasteiger partial charge in [-0.25, -0.2) is 4.98 Å². The van der Waals surface area contributed by atoms with Crippen LogP contribution in [0.1, 0.15) is 17.2 Å². The lowest BCUT2D eigenvalue weighted by atomic mass is 10.00. The first kappa shape index (κ1) is 21.4. The van der Waals surface area contributed by atoms with Gasteiger partial charge in [0.15, 0.2) is 0 Å². The van der Waals surface area contributed by atoms with Crippen molar-refractivity contribution in [1.29, 1.82) is 0 Å². The summed E-state index contributed by atoms with van der Waals surface area (Å²) in [7, 11) is 0. The van der Waals surface area contributed by atoms with Gasteiger partial charge in [0.2, 0.25) is 0 Å². The molecule has 0 amide bonds. The number of halogens is 2. The van der Waals surface area contributed by atoms with Crippen molar-refractivity contribution in [2.45, 2.75) is 12.6 Å². The molecule has 1 atom stereocenters. The zero-order valence-electron chi connectivity index (χ0n) is 15.4. The van der Waals surface area contributed by atoms with Crippen LogP contribution in [0.25, 0.3) is 0 Å². The van der Waals surface area contributed by atoms with E-state index in [1.807, 2.05) is 41.1 Å². The maximum Gasteiger partial charge on any atom is 0.291 e. The number of ether oxygens (including phenoxy) is 1. The minimum atomic E-state index is -1.50. The summed E-state index contributed by atoms with van der Waals surface area (Å²) in [6.07, 6.45) is 5.35. The molecule has 1 aromatic heterocycles. The first-order valence-electron chi connectivity index (χ1n) is 8.62. The number of hydrogen-bond donors (Lipinski definition) is 1. The molecule has 2 heterocycles. The highest BCUT2D eigenvalue weighted by Gasteiger charge is 2.28. The van der Waals surface area contributed by atoms with Crippen molar-refractivity contribution in [3.8, 4) is 5.75 Å². The Kier molecular flexibility index (Phi) is 7.10. The van der Waals surface area contributed by atoms with E-state index in [-0.39, 0.29) is 12.6 Å². The third-order valence-electron chi connectivity index (χ3n) is 4.16. The molecule has 9 nitrogen and oxygen atoms in total. The molecule has 1 unspecified atom stereocenters. The summed E-state index contributed by atoms with van der Waals surface area (Å²) in [5.74, 6) is 0.788. The number of oxime groups is 1. The highest BCUT2D eigenvalue weighted by molar-refractivity contribution is 6.35. The molecule has 0 saturated carbocycles. The van der Waals surface area contributed by atoms with E-state index < -0.39 is 5.09 Å². The lowest BCUT2D eigenvalue weighted by molar-refractivity contribution is -0.742. The van der Waals surface area contributed by atoms with Crippen LogP contribution >= 0.6 is 23.2 Å². The van der Waals surface area contributed by atoms with E-state index in [0.717, 1.165) is 22.6 Å². The molecule has 0 fully saturated rings. The van der Waals surface area contributed by atoms with Crippen LogP contribution in [0.2, 0.25) is 10.0 Å². The average Bonchev–Trinajstić information content (AvgIpc) is 3.24. The Morgan fingerprint density at radius 1 is 1.33 bits per heavy atom. The van der Waals surface area contributed by atoms with Gasteiger partial charge in [0.05, 0.1) is 6.33 Å². The molecule has 4 rings (SSSR count). The van der Waals surface area contributed by atoms with Crippen LogP contribution in [0.3, 0.4) is 0 Å². The summed E-state index contributed by atoms with van der Waals surface area (Å²) in [6.45, 7) is 0.705. The third-order valence-corrected chi connectivity index (χ3v) is 4.75. The summed E-state index contributed by atoms with van der Waals surface area (Å²) >= 11 is 12.1. The number of nitrogens with zero attached hydrogens (tertiary/aromatic N) is 4. The molecule has 1 N–H and O–H groups in total. The van der Waals surface area contributed by atoms with E-state index in [1.165, 1.54) is 0 Å². The summed E-state index contributed by atoms with van der Waals surface area (Å²) in [5, 5.41) is 19.2. The molecule has 0 radical (unpaired) electrons. The van der Waals surface area contributed by atoms with Gasteiger partial charge in [0.25, 0.3) is 5.09 Å². The predicted molar refractivity (Wildman–Crippen MR) is 110 cm³/mol. The molecule has 0 aliphatic carbocycles. The Balaban J connectivity index is 0.000000589. The average molecular weight is 451 g/mol. The Hall–Kier alpha value is -3.30. The van der Waals surface area contributed by atoms with Crippen molar-refractivity contribution in [2.24, 2.45) is 5.16 Å². The van der Waals surface area contributed by atoms with Crippen molar-refractivity contribution in [2.75, 3.05) is 6.61 Å². The molecule has 1 aliphatic rings. The van der Waals surface area contributed by atoms with Gasteiger partial charge in [-0.2, -0.15) is 0 Å². The van der Waals surface area contributed by atoms with Crippen LogP contribution in [0, 0.1) is 10.1 Å². The van der Waals surface area contributed by atoms with Crippen LogP contribution in [-0.4, -0.2) is 32.2 Å². The lowest BCUT2D eigenvalue weighted by Gasteiger charge is -2.27. The first-order valence-corrected chi connectivity index (χ1v) is 9.38. The van der Waals surface area contributed by atoms with Crippen LogP contribution in [0.5, 0.6) is 5.75 Å². The van der Waals surface area contributed by atoms with Crippen molar-refractivity contribution in [3.05, 3.63) is 92.5 Å². The topological polar surface area (TPSA) is 112 Å². The maximum atomic E-state index is 8.36. The van der Waals surface area contributed by atoms with Crippen LogP contribution in [-0.2, 0) is 11.4 Å². The summed E-state index contributed by atoms with van der Waals surface area (Å²) < 4.78 is 7.82. The summed E-state index contributed by atoms with van der Waals surface area (Å²) in [5.41, 5.74) is 2.51. The molecule has 30 heavy (non-hydrogen) atoms. The summed E-state index contributed by atoms with van der Waals surface area (Å²) in [6, 6.07) is 12.9. The van der Waals surface area contributed by atoms with E-state index in [2.05, 4.69) is 10.1 Å². The third kappa shape index (κ3) is 5.40. The first-order chi connectivity index (χ1) is 14.5. The van der Waals surface area contributed by atoms with Gasteiger partial charge in [-0.05, 0) is 24.3 Å². The number of fused-ring (bicyclic) bond motifs is 1. The van der Waals surface area contributed by atoms with Gasteiger partial charge in [0, 0.05) is 33.6 Å². The van der Waals surface area contributed by atoms with E-state index in [9.17, 15) is 0 Å². The SMILES string of the molecule is Clc1ccc(CO/N=C2/c3ccccc3OCC2n2ccnc2)c(Cl)c1.O=[N+]([O-])O. The van der Waals surface area contributed by atoms with Gasteiger partial charge in [0.1, 0.15) is 30.7 Å². The normalized spacial score (nSPS) is 16.1.